The Morgan fingerprint density at radius 1 is 0.268 bits per heavy atom. The Kier molecular flexibility index (Phi) is 16.0. The van der Waals surface area contributed by atoms with E-state index < -0.39 is 7.12 Å². The fourth-order valence-electron chi connectivity index (χ4n) is 15.5. The Morgan fingerprint density at radius 2 is 0.643 bits per heavy atom. The van der Waals surface area contributed by atoms with Gasteiger partial charge in [-0.15, -0.1) is 22.7 Å². The van der Waals surface area contributed by atoms with Crippen LogP contribution in [0.15, 0.2) is 321 Å². The number of benzene rings is 14. The van der Waals surface area contributed by atoms with Crippen molar-refractivity contribution >= 4 is 175 Å². The molecule has 14 aromatic carbocycles. The summed E-state index contributed by atoms with van der Waals surface area (Å²) in [5.74, 6) is 2.73. The lowest BCUT2D eigenvalue weighted by atomic mass is 9.79. The molecule has 23 rings (SSSR count). The second kappa shape index (κ2) is 26.7. The summed E-state index contributed by atoms with van der Waals surface area (Å²) in [7, 11) is -0.404. The Balaban J connectivity index is 0.000000113. The highest BCUT2D eigenvalue weighted by Gasteiger charge is 2.52. The van der Waals surface area contributed by atoms with Gasteiger partial charge in [0.15, 0.2) is 29.1 Å². The van der Waals surface area contributed by atoms with E-state index in [2.05, 4.69) is 206 Å². The zero-order valence-electron chi connectivity index (χ0n) is 60.8. The lowest BCUT2D eigenvalue weighted by molar-refractivity contribution is 0.00578. The molecule has 112 heavy (non-hydrogen) atoms. The van der Waals surface area contributed by atoms with Crippen molar-refractivity contribution in [1.29, 1.82) is 0 Å². The fraction of sp³-hybridized carbons (Fsp3) is 0.0625. The molecule has 1 saturated heterocycles. The van der Waals surface area contributed by atoms with Gasteiger partial charge in [-0.25, -0.2) is 19.9 Å². The number of hydrogen-bond acceptors (Lipinski definition) is 14. The standard InChI is InChI=1S/C45H25N3O2S.C30H25BO3S.C21H12ClN3O/c1-2-10-26(11-3-1)43-46-44(48-45(47-43)35-17-9-15-33-30-12-4-6-18-37(30)50-41(33)35)28-20-22-31-36-24-27(21-23-38(36)49-39(31)25-28)29-14-8-16-34-32-13-5-7-19-40(32)51-42(29)34;1-29(2)30(3,4)34-31(33-29)19-13-14-21-24-16-18(12-15-25(24)32-26(21)17-19)20-9-7-10-23-22-8-5-6-11-27(22)35-28(20)23;22-21-24-19(13-7-2-1-3-8-13)23-20(25-21)16-11-6-10-15-14-9-4-5-12-17(14)26-18(15)16/h1-25H;5-17H,1-4H3;1-12H. The molecule has 12 nitrogen and oxygen atoms in total. The molecule has 1 aliphatic heterocycles. The molecule has 22 aromatic rings. The van der Waals surface area contributed by atoms with Gasteiger partial charge >= 0.3 is 7.12 Å². The number of halogens is 1. The summed E-state index contributed by atoms with van der Waals surface area (Å²) >= 11 is 9.89. The first-order valence-electron chi connectivity index (χ1n) is 37.0. The normalized spacial score (nSPS) is 13.5. The highest BCUT2D eigenvalue weighted by molar-refractivity contribution is 7.26. The van der Waals surface area contributed by atoms with E-state index >= 15 is 0 Å². The first-order chi connectivity index (χ1) is 54.8. The van der Waals surface area contributed by atoms with Crippen LogP contribution in [0.5, 0.6) is 0 Å². The lowest BCUT2D eigenvalue weighted by Crippen LogP contribution is -2.41. The molecule has 0 bridgehead atoms. The van der Waals surface area contributed by atoms with Crippen LogP contribution in [0, 0.1) is 0 Å². The van der Waals surface area contributed by atoms with Gasteiger partial charge in [-0.1, -0.05) is 224 Å². The predicted molar refractivity (Wildman–Crippen MR) is 460 cm³/mol. The van der Waals surface area contributed by atoms with Crippen LogP contribution in [0.3, 0.4) is 0 Å². The molecule has 16 heteroatoms. The van der Waals surface area contributed by atoms with E-state index in [9.17, 15) is 0 Å². The number of rotatable bonds is 8. The van der Waals surface area contributed by atoms with Crippen LogP contribution >= 0.6 is 34.3 Å². The van der Waals surface area contributed by atoms with Gasteiger partial charge in [-0.3, -0.25) is 0 Å². The maximum Gasteiger partial charge on any atom is 0.494 e. The summed E-state index contributed by atoms with van der Waals surface area (Å²) in [5.41, 5.74) is 15.9. The maximum atomic E-state index is 6.48. The molecule has 9 heterocycles. The van der Waals surface area contributed by atoms with Crippen molar-refractivity contribution in [1.82, 2.24) is 29.9 Å². The molecule has 1 fully saturated rings. The van der Waals surface area contributed by atoms with Crippen LogP contribution in [0.2, 0.25) is 5.28 Å². The molecular formula is C96H62BClN6O6S2. The molecule has 0 atom stereocenters. The van der Waals surface area contributed by atoms with Gasteiger partial charge < -0.3 is 27.0 Å². The predicted octanol–water partition coefficient (Wildman–Crippen LogP) is 26.4. The fourth-order valence-corrected chi connectivity index (χ4v) is 18.1. The van der Waals surface area contributed by atoms with Crippen LogP contribution in [-0.2, 0) is 9.31 Å². The number of fused-ring (bicyclic) bond motifs is 18. The number of nitrogens with zero attached hydrogens (tertiary/aromatic N) is 6. The zero-order chi connectivity index (χ0) is 74.9. The van der Waals surface area contributed by atoms with Crippen LogP contribution in [0.4, 0.5) is 0 Å². The highest BCUT2D eigenvalue weighted by Crippen LogP contribution is 2.46. The quantitative estimate of drug-likeness (QED) is 0.133. The summed E-state index contributed by atoms with van der Waals surface area (Å²) < 4.78 is 43.0. The molecule has 0 amide bonds. The molecule has 0 aliphatic carbocycles. The Labute approximate surface area is 654 Å². The Hall–Kier alpha value is -13.0. The summed E-state index contributed by atoms with van der Waals surface area (Å²) in [4.78, 5) is 28.3. The smallest absolute Gasteiger partial charge is 0.456 e. The minimum Gasteiger partial charge on any atom is -0.456 e. The Morgan fingerprint density at radius 3 is 1.17 bits per heavy atom. The third-order valence-electron chi connectivity index (χ3n) is 21.8. The topological polar surface area (TPSA) is 148 Å². The van der Waals surface area contributed by atoms with Crippen LogP contribution in [0.1, 0.15) is 27.7 Å². The van der Waals surface area contributed by atoms with Gasteiger partial charge in [0.25, 0.3) is 0 Å². The van der Waals surface area contributed by atoms with Crippen molar-refractivity contribution in [3.8, 4) is 79.2 Å². The van der Waals surface area contributed by atoms with Crippen molar-refractivity contribution in [3.05, 3.63) is 309 Å². The Bertz CT molecular complexity index is 7520. The minimum atomic E-state index is -0.404. The summed E-state index contributed by atoms with van der Waals surface area (Å²) in [6.45, 7) is 8.30. The third kappa shape index (κ3) is 11.6. The van der Waals surface area contributed by atoms with Crippen LogP contribution in [-0.4, -0.2) is 48.2 Å². The van der Waals surface area contributed by atoms with E-state index in [1.165, 1.54) is 62.6 Å². The molecule has 0 saturated carbocycles. The van der Waals surface area contributed by atoms with Gasteiger partial charge in [0, 0.05) is 100 Å². The SMILES string of the molecule is CC1(C)OB(c2ccc3c(c2)oc2ccc(-c4cccc5c4sc4ccccc45)cc23)OC1(C)C.Clc1nc(-c2ccccc2)nc(-c2cccc3c2oc2ccccc23)n1.c1ccc(-c2nc(-c3ccc4c(c3)oc3ccc(-c5cccc6c5sc5ccccc56)cc34)nc(-c3cccc4c3oc3ccccc34)n2)cc1. The van der Waals surface area contributed by atoms with Crippen LogP contribution < -0.4 is 5.46 Å². The number of aromatic nitrogens is 6. The van der Waals surface area contributed by atoms with Gasteiger partial charge in [-0.2, -0.15) is 9.97 Å². The number of furan rings is 4. The monoisotopic (exact) mass is 1500 g/mol. The molecule has 0 spiro atoms. The van der Waals surface area contributed by atoms with Crippen molar-refractivity contribution in [2.75, 3.05) is 0 Å². The summed E-state index contributed by atoms with van der Waals surface area (Å²) in [5, 5.41) is 13.9. The summed E-state index contributed by atoms with van der Waals surface area (Å²) in [6.07, 6.45) is 0. The molecule has 1 aliphatic rings. The maximum absolute atomic E-state index is 6.48. The van der Waals surface area contributed by atoms with Crippen molar-refractivity contribution < 1.29 is 27.0 Å². The van der Waals surface area contributed by atoms with Gasteiger partial charge in [0.1, 0.15) is 44.7 Å². The van der Waals surface area contributed by atoms with E-state index in [1.807, 2.05) is 162 Å². The lowest BCUT2D eigenvalue weighted by Gasteiger charge is -2.32. The average molecular weight is 1510 g/mol. The largest absolute Gasteiger partial charge is 0.494 e. The molecule has 0 N–H and O–H groups in total. The molecular weight excluding hydrogens is 1440 g/mol. The summed E-state index contributed by atoms with van der Waals surface area (Å²) in [6, 6.07) is 104. The number of hydrogen-bond donors (Lipinski definition) is 0. The van der Waals surface area contributed by atoms with E-state index in [0.717, 1.165) is 121 Å². The van der Waals surface area contributed by atoms with Gasteiger partial charge in [0.2, 0.25) is 5.28 Å². The van der Waals surface area contributed by atoms with Gasteiger partial charge in [0.05, 0.1) is 22.3 Å². The van der Waals surface area contributed by atoms with E-state index in [-0.39, 0.29) is 16.5 Å². The van der Waals surface area contributed by atoms with Crippen molar-refractivity contribution in [2.45, 2.75) is 38.9 Å². The third-order valence-corrected chi connectivity index (χ3v) is 24.4. The minimum absolute atomic E-state index is 0.155. The van der Waals surface area contributed by atoms with E-state index in [4.69, 9.17) is 53.5 Å². The van der Waals surface area contributed by atoms with E-state index in [1.54, 1.807) is 0 Å². The van der Waals surface area contributed by atoms with Crippen molar-refractivity contribution in [3.63, 3.8) is 0 Å². The molecule has 534 valence electrons. The second-order valence-corrected chi connectivity index (χ2v) is 31.5. The highest BCUT2D eigenvalue weighted by atomic mass is 35.5. The second-order valence-electron chi connectivity index (χ2n) is 29.1. The van der Waals surface area contributed by atoms with Crippen molar-refractivity contribution in [2.24, 2.45) is 0 Å². The number of para-hydroxylation sites is 4. The first-order valence-corrected chi connectivity index (χ1v) is 39.1. The van der Waals surface area contributed by atoms with Crippen LogP contribution in [0.25, 0.3) is 207 Å². The molecule has 0 radical (unpaired) electrons. The average Bonchev–Trinajstić information content (AvgIpc) is 1.54. The molecule has 0 unspecified atom stereocenters. The zero-order valence-corrected chi connectivity index (χ0v) is 63.2. The van der Waals surface area contributed by atoms with E-state index in [0.29, 0.717) is 29.1 Å². The first kappa shape index (κ1) is 67.2. The number of thiophene rings is 2. The van der Waals surface area contributed by atoms with Gasteiger partial charge in [-0.05, 0) is 146 Å². The molecule has 8 aromatic heterocycles.